The van der Waals surface area contributed by atoms with E-state index in [1.165, 1.54) is 10.8 Å². The van der Waals surface area contributed by atoms with Gasteiger partial charge in [-0.05, 0) is 125 Å². The van der Waals surface area contributed by atoms with Gasteiger partial charge in [0.05, 0.1) is 5.56 Å². The molecule has 0 aromatic heterocycles. The third kappa shape index (κ3) is 9.97. The summed E-state index contributed by atoms with van der Waals surface area (Å²) in [7, 11) is 0. The second-order valence-corrected chi connectivity index (χ2v) is 24.4. The minimum Gasteiger partial charge on any atom is -0.456 e. The van der Waals surface area contributed by atoms with Gasteiger partial charge in [-0.2, -0.15) is 0 Å². The van der Waals surface area contributed by atoms with E-state index in [1.807, 2.05) is 0 Å². The fraction of sp³-hybridized carbons (Fsp3) is 0.412. The van der Waals surface area contributed by atoms with Crippen LogP contribution in [0, 0.1) is 0 Å². The van der Waals surface area contributed by atoms with Crippen LogP contribution in [0.15, 0.2) is 104 Å². The molecular weight excluding hydrogens is 1180 g/mol. The maximum absolute atomic E-state index is 7.30. The third-order valence-corrected chi connectivity index (χ3v) is 19.4. The average molecular weight is 1260 g/mol. The maximum atomic E-state index is 7.30. The van der Waals surface area contributed by atoms with Crippen LogP contribution in [-0.4, -0.2) is 27.2 Å². The van der Waals surface area contributed by atoms with Gasteiger partial charge in [-0.3, -0.25) is 0 Å². The van der Waals surface area contributed by atoms with Crippen molar-refractivity contribution >= 4 is 58.6 Å². The minimum absolute atomic E-state index is 0.0148. The van der Waals surface area contributed by atoms with Crippen LogP contribution >= 0.6 is 47.8 Å². The highest BCUT2D eigenvalue weighted by Crippen LogP contribution is 2.61. The van der Waals surface area contributed by atoms with Crippen LogP contribution in [-0.2, 0) is 0 Å². The molecule has 11 heteroatoms. The van der Waals surface area contributed by atoms with E-state index in [2.05, 4.69) is 166 Å². The van der Waals surface area contributed by atoms with Crippen LogP contribution in [0.5, 0.6) is 46.0 Å². The summed E-state index contributed by atoms with van der Waals surface area (Å²) < 4.78 is 58.5. The van der Waals surface area contributed by atoms with Gasteiger partial charge in [-0.15, -0.1) is 0 Å². The summed E-state index contributed by atoms with van der Waals surface area (Å²) in [6.45, 7) is 9.01. The summed E-state index contributed by atoms with van der Waals surface area (Å²) in [5.74, 6) is 5.47. The van der Waals surface area contributed by atoms with Gasteiger partial charge < -0.3 is 37.9 Å². The molecule has 0 radical (unpaired) electrons. The number of hydrogen-bond donors (Lipinski definition) is 0. The molecule has 8 nitrogen and oxygen atoms in total. The fourth-order valence-corrected chi connectivity index (χ4v) is 15.5. The molecule has 5 aliphatic rings. The van der Waals surface area contributed by atoms with Crippen molar-refractivity contribution in [2.45, 2.75) is 154 Å². The summed E-state index contributed by atoms with van der Waals surface area (Å²) in [4.78, 5) is 0. The van der Waals surface area contributed by atoms with Gasteiger partial charge in [0, 0.05) is 68.2 Å². The predicted molar refractivity (Wildman–Crippen MR) is 326 cm³/mol. The quantitative estimate of drug-likeness (QED) is 0.0787. The van der Waals surface area contributed by atoms with Crippen LogP contribution in [0.25, 0.3) is 33.0 Å². The first kappa shape index (κ1) is 54.2. The van der Waals surface area contributed by atoms with E-state index in [-0.39, 0.29) is 50.8 Å². The normalized spacial score (nSPS) is 18.2. The van der Waals surface area contributed by atoms with Crippen LogP contribution in [0.4, 0.5) is 0 Å². The average Bonchev–Trinajstić information content (AvgIpc) is 3.65. The van der Waals surface area contributed by atoms with Gasteiger partial charge in [0.25, 0.3) is 0 Å². The molecule has 0 amide bonds. The Morgan fingerprint density at radius 3 is 0.987 bits per heavy atom. The lowest BCUT2D eigenvalue weighted by molar-refractivity contribution is 0.0966. The molecule has 4 aliphatic heterocycles. The van der Waals surface area contributed by atoms with Crippen LogP contribution in [0.2, 0.25) is 0 Å². The zero-order valence-corrected chi connectivity index (χ0v) is 50.8. The number of ether oxygens (including phenoxy) is 8. The minimum atomic E-state index is -0.153. The topological polar surface area (TPSA) is 73.8 Å². The summed E-state index contributed by atoms with van der Waals surface area (Å²) in [5, 5.41) is 2.36. The molecule has 0 saturated carbocycles. The number of unbranched alkanes of at least 4 members (excludes halogenated alkanes) is 8. The predicted octanol–water partition coefficient (Wildman–Crippen LogP) is 20.5. The molecule has 0 N–H and O–H groups in total. The Labute approximate surface area is 491 Å². The first-order valence-corrected chi connectivity index (χ1v) is 31.6. The zero-order valence-electron chi connectivity index (χ0n) is 46.0. The Bertz CT molecular complexity index is 3250. The van der Waals surface area contributed by atoms with Crippen molar-refractivity contribution in [2.75, 3.05) is 27.2 Å². The van der Waals surface area contributed by atoms with Gasteiger partial charge in [0.2, 0.25) is 27.2 Å². The lowest BCUT2D eigenvalue weighted by Crippen LogP contribution is -2.24. The van der Waals surface area contributed by atoms with Gasteiger partial charge in [0.15, 0.2) is 0 Å². The SMILES string of the molecule is CCCCCC1c2cc3c4c(Br)c2OCOc2c1cc1c(c2Br)OCOc2c(cc5c(c2-c2ccccc2-c2cccc6ccccc26)OCOc2c(cc(c(c2Br)OCO4)C3CCCCC)C5CCCCC)C1CCCCC. The molecule has 79 heavy (non-hydrogen) atoms. The Morgan fingerprint density at radius 1 is 0.329 bits per heavy atom. The van der Waals surface area contributed by atoms with Gasteiger partial charge in [0.1, 0.15) is 59.4 Å². The largest absolute Gasteiger partial charge is 0.456 e. The molecule has 0 fully saturated rings. The van der Waals surface area contributed by atoms with Crippen molar-refractivity contribution in [1.29, 1.82) is 0 Å². The molecule has 7 aromatic rings. The van der Waals surface area contributed by atoms with E-state index >= 15 is 0 Å². The summed E-state index contributed by atoms with van der Waals surface area (Å²) in [5.41, 5.74) is 13.2. The third-order valence-electron chi connectivity index (χ3n) is 17.3. The number of benzene rings is 7. The molecule has 0 saturated heterocycles. The van der Waals surface area contributed by atoms with Gasteiger partial charge >= 0.3 is 0 Å². The lowest BCUT2D eigenvalue weighted by atomic mass is 9.75. The van der Waals surface area contributed by atoms with Crippen LogP contribution in [0.1, 0.15) is 199 Å². The molecule has 4 atom stereocenters. The lowest BCUT2D eigenvalue weighted by Gasteiger charge is -2.37. The van der Waals surface area contributed by atoms with Crippen molar-refractivity contribution in [3.8, 4) is 68.2 Å². The Morgan fingerprint density at radius 2 is 0.620 bits per heavy atom. The Kier molecular flexibility index (Phi) is 16.5. The van der Waals surface area contributed by atoms with Crippen molar-refractivity contribution in [3.63, 3.8) is 0 Å². The Balaban J connectivity index is 1.25. The summed E-state index contributed by atoms with van der Waals surface area (Å²) in [6.07, 6.45) is 16.3. The highest BCUT2D eigenvalue weighted by molar-refractivity contribution is 9.11. The van der Waals surface area contributed by atoms with E-state index in [0.717, 1.165) is 229 Å². The van der Waals surface area contributed by atoms with Crippen molar-refractivity contribution in [2.24, 2.45) is 0 Å². The molecular formula is C68H71Br3O8. The summed E-state index contributed by atoms with van der Waals surface area (Å²) in [6, 6.07) is 33.9. The highest BCUT2D eigenvalue weighted by atomic mass is 79.9. The standard InChI is InChI=1S/C68H71Br3O8/c1-5-9-13-25-44-49-32-50-45(26-14-10-6-2)52-34-54-47(28-16-12-8-4)56-35-55-46(27-15-11-7-3)53-33-51(44)63-58(69)65(53)76-38-78-67(55)60(71)68(56)79-39-77-66(54)59(70)64(52)75-37-73-62(50)57(61(49)72-36-74-63)48-30-20-19-29-43(48)42-31-21-23-40-22-17-18-24-41(40)42/h17-24,29-35,44-47H,5-16,25-28,36-39H2,1-4H3. The second-order valence-electron chi connectivity index (χ2n) is 22.1. The second kappa shape index (κ2) is 24.0. The van der Waals surface area contributed by atoms with E-state index in [4.69, 9.17) is 37.9 Å². The smallest absolute Gasteiger partial charge is 0.231 e. The van der Waals surface area contributed by atoms with Crippen molar-refractivity contribution in [3.05, 3.63) is 149 Å². The molecule has 412 valence electrons. The van der Waals surface area contributed by atoms with E-state index in [1.54, 1.807) is 0 Å². The molecule has 4 unspecified atom stereocenters. The first-order valence-electron chi connectivity index (χ1n) is 29.2. The molecule has 1 aliphatic carbocycles. The summed E-state index contributed by atoms with van der Waals surface area (Å²) >= 11 is 12.6. The number of hydrogen-bond acceptors (Lipinski definition) is 8. The zero-order chi connectivity index (χ0) is 54.1. The number of rotatable bonds is 18. The van der Waals surface area contributed by atoms with Crippen LogP contribution < -0.4 is 37.9 Å². The van der Waals surface area contributed by atoms with E-state index in [0.29, 0.717) is 0 Å². The number of halogens is 3. The molecule has 8 bridgehead atoms. The first-order chi connectivity index (χ1) is 38.8. The fourth-order valence-electron chi connectivity index (χ4n) is 13.5. The maximum Gasteiger partial charge on any atom is 0.231 e. The van der Waals surface area contributed by atoms with E-state index < -0.39 is 0 Å². The number of fused-ring (bicyclic) bond motifs is 1. The van der Waals surface area contributed by atoms with Crippen molar-refractivity contribution < 1.29 is 37.9 Å². The molecule has 7 aromatic carbocycles. The molecule has 0 spiro atoms. The van der Waals surface area contributed by atoms with E-state index in [9.17, 15) is 0 Å². The Hall–Kier alpha value is -5.36. The molecule has 12 rings (SSSR count). The van der Waals surface area contributed by atoms with Gasteiger partial charge in [-0.25, -0.2) is 0 Å². The monoisotopic (exact) mass is 1250 g/mol. The van der Waals surface area contributed by atoms with Gasteiger partial charge in [-0.1, -0.05) is 171 Å². The van der Waals surface area contributed by atoms with Crippen molar-refractivity contribution in [1.82, 2.24) is 0 Å². The molecule has 4 heterocycles. The van der Waals surface area contributed by atoms with Crippen LogP contribution in [0.3, 0.4) is 0 Å². The highest BCUT2D eigenvalue weighted by Gasteiger charge is 2.41.